The Morgan fingerprint density at radius 1 is 1.03 bits per heavy atom. The van der Waals surface area contributed by atoms with Crippen molar-refractivity contribution in [3.8, 4) is 16.9 Å². The molecule has 4 atom stereocenters. The van der Waals surface area contributed by atoms with Gasteiger partial charge in [0.25, 0.3) is 0 Å². The van der Waals surface area contributed by atoms with Gasteiger partial charge in [-0.2, -0.15) is 5.10 Å². The van der Waals surface area contributed by atoms with Gasteiger partial charge in [0, 0.05) is 35.8 Å². The maximum atomic E-state index is 10.4. The van der Waals surface area contributed by atoms with Crippen LogP contribution in [0.25, 0.3) is 16.9 Å². The van der Waals surface area contributed by atoms with Crippen molar-refractivity contribution in [2.24, 2.45) is 5.92 Å². The number of fused-ring (bicyclic) bond motifs is 2. The zero-order valence-electron chi connectivity index (χ0n) is 16.4. The SMILES string of the molecule is O[C@H]1CO[C@H]2CC[C@@H](NCc3cn(-c4ccccc4)nc3-c3ccccc3)[C@@H]1C2. The summed E-state index contributed by atoms with van der Waals surface area (Å²) in [4.78, 5) is 0. The largest absolute Gasteiger partial charge is 0.390 e. The number of ether oxygens (including phenoxy) is 1. The second-order valence-corrected chi connectivity index (χ2v) is 8.14. The number of nitrogens with one attached hydrogen (secondary N) is 1. The van der Waals surface area contributed by atoms with Crippen LogP contribution in [-0.4, -0.2) is 39.7 Å². The standard InChI is InChI=1S/C24H27N3O2/c28-23-16-29-20-11-12-22(21(23)13-20)25-14-18-15-27(19-9-5-2-6-10-19)26-24(18)17-7-3-1-4-8-17/h1-10,15,20-23,25,28H,11-14,16H2/t20-,21-,22+,23-/m0/s1. The van der Waals surface area contributed by atoms with E-state index in [9.17, 15) is 5.11 Å². The van der Waals surface area contributed by atoms with Crippen LogP contribution in [0.5, 0.6) is 0 Å². The number of hydrogen-bond acceptors (Lipinski definition) is 4. The smallest absolute Gasteiger partial charge is 0.0972 e. The minimum atomic E-state index is -0.371. The molecule has 2 N–H and O–H groups in total. The summed E-state index contributed by atoms with van der Waals surface area (Å²) < 4.78 is 7.67. The molecular weight excluding hydrogens is 362 g/mol. The molecule has 2 fully saturated rings. The Hall–Kier alpha value is -2.47. The van der Waals surface area contributed by atoms with E-state index in [1.807, 2.05) is 41.1 Å². The predicted molar refractivity (Wildman–Crippen MR) is 113 cm³/mol. The molecule has 2 heterocycles. The van der Waals surface area contributed by atoms with E-state index in [0.717, 1.165) is 42.8 Å². The molecule has 1 aliphatic heterocycles. The van der Waals surface area contributed by atoms with Gasteiger partial charge in [-0.15, -0.1) is 0 Å². The van der Waals surface area contributed by atoms with Crippen LogP contribution in [0.1, 0.15) is 24.8 Å². The van der Waals surface area contributed by atoms with E-state index in [1.54, 1.807) is 0 Å². The lowest BCUT2D eigenvalue weighted by Gasteiger charge is -2.43. The van der Waals surface area contributed by atoms with Crippen LogP contribution < -0.4 is 5.32 Å². The quantitative estimate of drug-likeness (QED) is 0.701. The number of benzene rings is 2. The van der Waals surface area contributed by atoms with Crippen LogP contribution in [0.15, 0.2) is 66.9 Å². The first-order valence-electron chi connectivity index (χ1n) is 10.5. The molecule has 3 aromatic rings. The topological polar surface area (TPSA) is 59.3 Å². The summed E-state index contributed by atoms with van der Waals surface area (Å²) >= 11 is 0. The van der Waals surface area contributed by atoms with Crippen LogP contribution in [0.4, 0.5) is 0 Å². The summed E-state index contributed by atoms with van der Waals surface area (Å²) in [6, 6.07) is 20.9. The summed E-state index contributed by atoms with van der Waals surface area (Å²) in [5.74, 6) is 0.270. The van der Waals surface area contributed by atoms with E-state index in [4.69, 9.17) is 9.84 Å². The summed E-state index contributed by atoms with van der Waals surface area (Å²) in [6.07, 6.45) is 5.13. The van der Waals surface area contributed by atoms with Crippen molar-refractivity contribution in [1.82, 2.24) is 15.1 Å². The number of aliphatic hydroxyl groups excluding tert-OH is 1. The van der Waals surface area contributed by atoms with E-state index in [1.165, 1.54) is 5.56 Å². The molecule has 5 nitrogen and oxygen atoms in total. The van der Waals surface area contributed by atoms with Crippen molar-refractivity contribution in [2.75, 3.05) is 6.61 Å². The molecule has 29 heavy (non-hydrogen) atoms. The average molecular weight is 389 g/mol. The molecule has 1 saturated carbocycles. The molecule has 5 rings (SSSR count). The molecular formula is C24H27N3O2. The fraction of sp³-hybridized carbons (Fsp3) is 0.375. The van der Waals surface area contributed by atoms with Crippen LogP contribution in [0.3, 0.4) is 0 Å². The van der Waals surface area contributed by atoms with Gasteiger partial charge in [0.15, 0.2) is 0 Å². The van der Waals surface area contributed by atoms with Crippen LogP contribution in [-0.2, 0) is 11.3 Å². The third kappa shape index (κ3) is 3.86. The molecule has 2 aliphatic rings. The molecule has 0 spiro atoms. The lowest BCUT2D eigenvalue weighted by molar-refractivity contribution is -0.118. The maximum absolute atomic E-state index is 10.4. The predicted octanol–water partition coefficient (Wildman–Crippen LogP) is 3.56. The molecule has 1 aliphatic carbocycles. The highest BCUT2D eigenvalue weighted by Crippen LogP contribution is 2.34. The first-order chi connectivity index (χ1) is 14.3. The monoisotopic (exact) mass is 389 g/mol. The van der Waals surface area contributed by atoms with Crippen molar-refractivity contribution in [2.45, 2.75) is 44.1 Å². The van der Waals surface area contributed by atoms with Crippen LogP contribution in [0.2, 0.25) is 0 Å². The Morgan fingerprint density at radius 2 is 1.79 bits per heavy atom. The highest BCUT2D eigenvalue weighted by Gasteiger charge is 2.39. The van der Waals surface area contributed by atoms with Gasteiger partial charge in [-0.05, 0) is 31.4 Å². The van der Waals surface area contributed by atoms with E-state index in [2.05, 4.69) is 35.8 Å². The minimum Gasteiger partial charge on any atom is -0.390 e. The summed E-state index contributed by atoms with van der Waals surface area (Å²) in [5.41, 5.74) is 4.34. The van der Waals surface area contributed by atoms with Crippen molar-refractivity contribution in [3.05, 3.63) is 72.4 Å². The Labute approximate surface area is 171 Å². The zero-order chi connectivity index (χ0) is 19.6. The van der Waals surface area contributed by atoms with Gasteiger partial charge in [0.2, 0.25) is 0 Å². The molecule has 1 aromatic heterocycles. The van der Waals surface area contributed by atoms with Gasteiger partial charge < -0.3 is 15.2 Å². The highest BCUT2D eigenvalue weighted by atomic mass is 16.5. The third-order valence-electron chi connectivity index (χ3n) is 6.26. The first-order valence-corrected chi connectivity index (χ1v) is 10.5. The van der Waals surface area contributed by atoms with Gasteiger partial charge in [0.1, 0.15) is 0 Å². The number of para-hydroxylation sites is 1. The second-order valence-electron chi connectivity index (χ2n) is 8.14. The number of rotatable bonds is 5. The van der Waals surface area contributed by atoms with Crippen molar-refractivity contribution < 1.29 is 9.84 Å². The summed E-state index contributed by atoms with van der Waals surface area (Å²) in [5, 5.41) is 19.0. The Balaban J connectivity index is 1.40. The lowest BCUT2D eigenvalue weighted by Crippen LogP contribution is -2.52. The van der Waals surface area contributed by atoms with Gasteiger partial charge >= 0.3 is 0 Å². The molecule has 5 heteroatoms. The normalized spacial score (nSPS) is 26.4. The number of nitrogens with zero attached hydrogens (tertiary/aromatic N) is 2. The van der Waals surface area contributed by atoms with Crippen LogP contribution >= 0.6 is 0 Å². The molecule has 0 unspecified atom stereocenters. The molecule has 150 valence electrons. The summed E-state index contributed by atoms with van der Waals surface area (Å²) in [6.45, 7) is 1.20. The zero-order valence-corrected chi connectivity index (χ0v) is 16.4. The Bertz CT molecular complexity index is 941. The minimum absolute atomic E-state index is 0.270. The maximum Gasteiger partial charge on any atom is 0.0972 e. The number of aliphatic hydroxyl groups is 1. The average Bonchev–Trinajstić information content (AvgIpc) is 3.21. The van der Waals surface area contributed by atoms with E-state index >= 15 is 0 Å². The second kappa shape index (κ2) is 8.11. The first kappa shape index (κ1) is 18.6. The lowest BCUT2D eigenvalue weighted by atomic mass is 9.77. The van der Waals surface area contributed by atoms with Gasteiger partial charge in [0.05, 0.1) is 30.2 Å². The summed E-state index contributed by atoms with van der Waals surface area (Å²) in [7, 11) is 0. The van der Waals surface area contributed by atoms with Gasteiger partial charge in [-0.3, -0.25) is 0 Å². The van der Waals surface area contributed by atoms with Crippen molar-refractivity contribution in [3.63, 3.8) is 0 Å². The van der Waals surface area contributed by atoms with Gasteiger partial charge in [-0.25, -0.2) is 4.68 Å². The van der Waals surface area contributed by atoms with E-state index < -0.39 is 0 Å². The third-order valence-corrected chi connectivity index (χ3v) is 6.26. The Morgan fingerprint density at radius 3 is 2.59 bits per heavy atom. The fourth-order valence-corrected chi connectivity index (χ4v) is 4.69. The van der Waals surface area contributed by atoms with Crippen molar-refractivity contribution in [1.29, 1.82) is 0 Å². The molecule has 0 radical (unpaired) electrons. The number of aromatic nitrogens is 2. The molecule has 1 saturated heterocycles. The Kier molecular flexibility index (Phi) is 5.19. The van der Waals surface area contributed by atoms with E-state index in [0.29, 0.717) is 18.8 Å². The fourth-order valence-electron chi connectivity index (χ4n) is 4.69. The molecule has 2 aromatic carbocycles. The van der Waals surface area contributed by atoms with Gasteiger partial charge in [-0.1, -0.05) is 48.5 Å². The van der Waals surface area contributed by atoms with Crippen LogP contribution in [0, 0.1) is 5.92 Å². The molecule has 2 bridgehead atoms. The van der Waals surface area contributed by atoms with E-state index in [-0.39, 0.29) is 12.0 Å². The van der Waals surface area contributed by atoms with Crippen molar-refractivity contribution >= 4 is 0 Å². The molecule has 0 amide bonds. The highest BCUT2D eigenvalue weighted by molar-refractivity contribution is 5.63. The number of hydrogen-bond donors (Lipinski definition) is 2.